The lowest BCUT2D eigenvalue weighted by molar-refractivity contribution is -0.118. The summed E-state index contributed by atoms with van der Waals surface area (Å²) in [5.74, 6) is -0.0551. The van der Waals surface area contributed by atoms with Crippen LogP contribution in [0.1, 0.15) is 18.9 Å². The Morgan fingerprint density at radius 2 is 1.75 bits per heavy atom. The van der Waals surface area contributed by atoms with E-state index in [2.05, 4.69) is 16.0 Å². The van der Waals surface area contributed by atoms with Crippen molar-refractivity contribution in [2.24, 2.45) is 0 Å². The summed E-state index contributed by atoms with van der Waals surface area (Å²) in [6, 6.07) is 9.69. The lowest BCUT2D eigenvalue weighted by Crippen LogP contribution is -2.37. The fourth-order valence-corrected chi connectivity index (χ4v) is 1.53. The number of rotatable bonds is 7. The van der Waals surface area contributed by atoms with Crippen LogP contribution < -0.4 is 16.0 Å². The molecule has 0 radical (unpaired) electrons. The molecular formula is C15H21N3O2. The highest BCUT2D eigenvalue weighted by Gasteiger charge is 1.97. The SMILES string of the molecule is CC(=O)NCCCNC(=O)NC/C=C/c1ccccc1. The molecule has 0 fully saturated rings. The maximum Gasteiger partial charge on any atom is 0.315 e. The maximum absolute atomic E-state index is 11.4. The Labute approximate surface area is 119 Å². The summed E-state index contributed by atoms with van der Waals surface area (Å²) in [7, 11) is 0. The van der Waals surface area contributed by atoms with Crippen molar-refractivity contribution in [3.8, 4) is 0 Å². The molecule has 0 saturated carbocycles. The average molecular weight is 275 g/mol. The van der Waals surface area contributed by atoms with Gasteiger partial charge in [0.1, 0.15) is 0 Å². The minimum absolute atomic E-state index is 0.0551. The standard InChI is InChI=1S/C15H21N3O2/c1-13(19)16-11-6-12-18-15(20)17-10-5-9-14-7-3-2-4-8-14/h2-5,7-9H,6,10-12H2,1H3,(H,16,19)(H2,17,18,20)/b9-5+. The summed E-state index contributed by atoms with van der Waals surface area (Å²) < 4.78 is 0. The minimum Gasteiger partial charge on any atom is -0.356 e. The van der Waals surface area contributed by atoms with E-state index in [9.17, 15) is 9.59 Å². The molecule has 0 aliphatic carbocycles. The Morgan fingerprint density at radius 3 is 2.45 bits per heavy atom. The van der Waals surface area contributed by atoms with Gasteiger partial charge in [0, 0.05) is 26.6 Å². The van der Waals surface area contributed by atoms with Gasteiger partial charge in [-0.1, -0.05) is 42.5 Å². The van der Waals surface area contributed by atoms with Crippen LogP contribution in [-0.2, 0) is 4.79 Å². The summed E-state index contributed by atoms with van der Waals surface area (Å²) in [6.07, 6.45) is 4.57. The van der Waals surface area contributed by atoms with E-state index in [1.807, 2.05) is 42.5 Å². The maximum atomic E-state index is 11.4. The molecule has 0 aromatic heterocycles. The van der Waals surface area contributed by atoms with E-state index in [0.29, 0.717) is 26.1 Å². The average Bonchev–Trinajstić information content (AvgIpc) is 2.44. The van der Waals surface area contributed by atoms with Gasteiger partial charge in [0.2, 0.25) is 5.91 Å². The molecule has 0 bridgehead atoms. The Kier molecular flexibility index (Phi) is 7.57. The van der Waals surface area contributed by atoms with Crippen molar-refractivity contribution in [3.05, 3.63) is 42.0 Å². The highest BCUT2D eigenvalue weighted by atomic mass is 16.2. The Morgan fingerprint density at radius 1 is 1.05 bits per heavy atom. The quantitative estimate of drug-likeness (QED) is 0.660. The number of carbonyl (C=O) groups excluding carboxylic acids is 2. The first-order valence-corrected chi connectivity index (χ1v) is 6.66. The summed E-state index contributed by atoms with van der Waals surface area (Å²) in [5, 5.41) is 8.12. The van der Waals surface area contributed by atoms with Crippen molar-refractivity contribution in [1.82, 2.24) is 16.0 Å². The van der Waals surface area contributed by atoms with Crippen LogP contribution in [0.3, 0.4) is 0 Å². The molecule has 20 heavy (non-hydrogen) atoms. The van der Waals surface area contributed by atoms with Gasteiger partial charge < -0.3 is 16.0 Å². The third kappa shape index (κ3) is 7.92. The predicted molar refractivity (Wildman–Crippen MR) is 80.2 cm³/mol. The number of carbonyl (C=O) groups is 2. The third-order valence-corrected chi connectivity index (χ3v) is 2.50. The van der Waals surface area contributed by atoms with Gasteiger partial charge >= 0.3 is 6.03 Å². The normalized spacial score (nSPS) is 10.2. The first-order chi connectivity index (χ1) is 9.68. The third-order valence-electron chi connectivity index (χ3n) is 2.50. The zero-order chi connectivity index (χ0) is 14.6. The van der Waals surface area contributed by atoms with E-state index in [1.165, 1.54) is 6.92 Å². The van der Waals surface area contributed by atoms with Gasteiger partial charge in [-0.05, 0) is 12.0 Å². The van der Waals surface area contributed by atoms with Crippen LogP contribution in [0.4, 0.5) is 4.79 Å². The van der Waals surface area contributed by atoms with E-state index in [1.54, 1.807) is 0 Å². The number of hydrogen-bond donors (Lipinski definition) is 3. The molecular weight excluding hydrogens is 254 g/mol. The molecule has 0 unspecified atom stereocenters. The molecule has 1 rings (SSSR count). The molecule has 3 N–H and O–H groups in total. The molecule has 0 atom stereocenters. The van der Waals surface area contributed by atoms with Crippen molar-refractivity contribution in [3.63, 3.8) is 0 Å². The van der Waals surface area contributed by atoms with Gasteiger partial charge in [0.05, 0.1) is 0 Å². The Bertz CT molecular complexity index is 444. The van der Waals surface area contributed by atoms with Gasteiger partial charge in [-0.25, -0.2) is 4.79 Å². The summed E-state index contributed by atoms with van der Waals surface area (Å²) in [5.41, 5.74) is 1.10. The van der Waals surface area contributed by atoms with Crippen molar-refractivity contribution in [2.75, 3.05) is 19.6 Å². The van der Waals surface area contributed by atoms with Gasteiger partial charge in [-0.3, -0.25) is 4.79 Å². The number of nitrogens with one attached hydrogen (secondary N) is 3. The second-order valence-corrected chi connectivity index (χ2v) is 4.29. The van der Waals surface area contributed by atoms with Gasteiger partial charge in [-0.2, -0.15) is 0 Å². The smallest absolute Gasteiger partial charge is 0.315 e. The van der Waals surface area contributed by atoms with Crippen LogP contribution in [0.15, 0.2) is 36.4 Å². The first-order valence-electron chi connectivity index (χ1n) is 6.66. The van der Waals surface area contributed by atoms with Gasteiger partial charge in [0.25, 0.3) is 0 Å². The lowest BCUT2D eigenvalue weighted by atomic mass is 10.2. The van der Waals surface area contributed by atoms with Crippen LogP contribution in [0.5, 0.6) is 0 Å². The first kappa shape index (κ1) is 15.8. The van der Waals surface area contributed by atoms with E-state index in [4.69, 9.17) is 0 Å². The molecule has 0 aliphatic rings. The topological polar surface area (TPSA) is 70.2 Å². The second kappa shape index (κ2) is 9.61. The molecule has 108 valence electrons. The predicted octanol–water partition coefficient (Wildman–Crippen LogP) is 1.53. The summed E-state index contributed by atoms with van der Waals surface area (Å²) in [6.45, 7) is 3.06. The zero-order valence-corrected chi connectivity index (χ0v) is 11.7. The van der Waals surface area contributed by atoms with Crippen LogP contribution in [-0.4, -0.2) is 31.6 Å². The van der Waals surface area contributed by atoms with E-state index in [0.717, 1.165) is 5.56 Å². The fraction of sp³-hybridized carbons (Fsp3) is 0.333. The Hall–Kier alpha value is -2.30. The number of urea groups is 1. The largest absolute Gasteiger partial charge is 0.356 e. The van der Waals surface area contributed by atoms with Gasteiger partial charge in [-0.15, -0.1) is 0 Å². The Balaban J connectivity index is 2.05. The molecule has 5 nitrogen and oxygen atoms in total. The highest BCUT2D eigenvalue weighted by Crippen LogP contribution is 1.99. The minimum atomic E-state index is -0.203. The molecule has 5 heteroatoms. The van der Waals surface area contributed by atoms with Crippen LogP contribution in [0.2, 0.25) is 0 Å². The van der Waals surface area contributed by atoms with Crippen LogP contribution in [0, 0.1) is 0 Å². The highest BCUT2D eigenvalue weighted by molar-refractivity contribution is 5.74. The number of amides is 3. The van der Waals surface area contributed by atoms with Gasteiger partial charge in [0.15, 0.2) is 0 Å². The summed E-state index contributed by atoms with van der Waals surface area (Å²) in [4.78, 5) is 22.0. The van der Waals surface area contributed by atoms with Crippen molar-refractivity contribution < 1.29 is 9.59 Å². The van der Waals surface area contributed by atoms with Crippen molar-refractivity contribution in [2.45, 2.75) is 13.3 Å². The fourth-order valence-electron chi connectivity index (χ4n) is 1.53. The van der Waals surface area contributed by atoms with Crippen molar-refractivity contribution >= 4 is 18.0 Å². The number of benzene rings is 1. The van der Waals surface area contributed by atoms with Crippen LogP contribution >= 0.6 is 0 Å². The molecule has 0 aliphatic heterocycles. The molecule has 1 aromatic carbocycles. The number of hydrogen-bond acceptors (Lipinski definition) is 2. The van der Waals surface area contributed by atoms with E-state index in [-0.39, 0.29) is 11.9 Å². The van der Waals surface area contributed by atoms with E-state index < -0.39 is 0 Å². The zero-order valence-electron chi connectivity index (χ0n) is 11.7. The lowest BCUT2D eigenvalue weighted by Gasteiger charge is -2.06. The molecule has 1 aromatic rings. The second-order valence-electron chi connectivity index (χ2n) is 4.29. The van der Waals surface area contributed by atoms with Crippen molar-refractivity contribution in [1.29, 1.82) is 0 Å². The molecule has 3 amide bonds. The monoisotopic (exact) mass is 275 g/mol. The molecule has 0 heterocycles. The van der Waals surface area contributed by atoms with Crippen LogP contribution in [0.25, 0.3) is 6.08 Å². The molecule has 0 saturated heterocycles. The summed E-state index contributed by atoms with van der Waals surface area (Å²) >= 11 is 0. The van der Waals surface area contributed by atoms with E-state index >= 15 is 0 Å². The molecule has 0 spiro atoms.